The molecule has 74 valence electrons. The molecule has 2 radical (unpaired) electrons. The van der Waals surface area contributed by atoms with Gasteiger partial charge < -0.3 is 5.23 Å². The van der Waals surface area contributed by atoms with Crippen LogP contribution in [0.2, 0.25) is 0 Å². The molecule has 1 aromatic carbocycles. The highest BCUT2D eigenvalue weighted by atomic mass is 19.1. The van der Waals surface area contributed by atoms with Crippen LogP contribution >= 0.6 is 0 Å². The fourth-order valence-corrected chi connectivity index (χ4v) is 0.878. The predicted octanol–water partition coefficient (Wildman–Crippen LogP) is 1.01. The van der Waals surface area contributed by atoms with Gasteiger partial charge >= 0.3 is 0 Å². The van der Waals surface area contributed by atoms with Gasteiger partial charge in [0.25, 0.3) is 0 Å². The lowest BCUT2D eigenvalue weighted by Crippen LogP contribution is -2.17. The van der Waals surface area contributed by atoms with Gasteiger partial charge in [0.1, 0.15) is 11.6 Å². The van der Waals surface area contributed by atoms with Crippen molar-refractivity contribution >= 4 is 7.41 Å². The molecule has 1 rings (SSSR count). The average molecular weight is 203 g/mol. The number of nitrogens with zero attached hydrogens (tertiary/aromatic N) is 1. The largest absolute Gasteiger partial charge is 0.528 e. The van der Waals surface area contributed by atoms with Crippen molar-refractivity contribution in [3.05, 3.63) is 35.4 Å². The van der Waals surface area contributed by atoms with Crippen molar-refractivity contribution in [2.75, 3.05) is 6.54 Å². The summed E-state index contributed by atoms with van der Waals surface area (Å²) in [6.45, 7) is 0.240. The Bertz CT molecular complexity index is 443. The third-order valence-corrected chi connectivity index (χ3v) is 1.51. The van der Waals surface area contributed by atoms with Gasteiger partial charge in [-0.15, -0.1) is 7.41 Å². The first-order valence-corrected chi connectivity index (χ1v) is 4.12. The van der Waals surface area contributed by atoms with Crippen LogP contribution in [0.15, 0.2) is 18.2 Å². The summed E-state index contributed by atoms with van der Waals surface area (Å²) >= 11 is 0. The number of nitriles is 1. The summed E-state index contributed by atoms with van der Waals surface area (Å²) in [5, 5.41) is 10.7. The molecule has 15 heavy (non-hydrogen) atoms. The summed E-state index contributed by atoms with van der Waals surface area (Å²) in [6.07, 6.45) is 0. The van der Waals surface area contributed by atoms with E-state index < -0.39 is 11.6 Å². The van der Waals surface area contributed by atoms with Crippen molar-refractivity contribution in [1.82, 2.24) is 5.23 Å². The number of halogens is 2. The van der Waals surface area contributed by atoms with E-state index in [0.29, 0.717) is 0 Å². The van der Waals surface area contributed by atoms with Crippen LogP contribution in [0.5, 0.6) is 0 Å². The van der Waals surface area contributed by atoms with Gasteiger partial charge in [0.05, 0.1) is 5.56 Å². The molecule has 0 fully saturated rings. The molecular weight excluding hydrogens is 197 g/mol. The summed E-state index contributed by atoms with van der Waals surface area (Å²) in [5.41, 5.74) is 0.134. The van der Waals surface area contributed by atoms with E-state index in [2.05, 4.69) is 17.1 Å². The minimum Gasteiger partial charge on any atom is -0.528 e. The molecule has 1 aromatic rings. The highest BCUT2D eigenvalue weighted by Crippen LogP contribution is 2.07. The Balaban J connectivity index is 2.61. The van der Waals surface area contributed by atoms with E-state index in [9.17, 15) is 8.78 Å². The summed E-state index contributed by atoms with van der Waals surface area (Å²) in [7, 11) is 1.18. The molecule has 0 unspecified atom stereocenters. The standard InChI is InChI=1S/C10H6BF2N2/c12-9-4-3-8(10(13)6-9)2-1-5-15-11-7-14/h3-4,6,15H,5H2/q-1. The monoisotopic (exact) mass is 203 g/mol. The minimum atomic E-state index is -0.688. The van der Waals surface area contributed by atoms with E-state index >= 15 is 0 Å². The van der Waals surface area contributed by atoms with E-state index in [1.807, 2.05) is 0 Å². The third-order valence-electron chi connectivity index (χ3n) is 1.51. The molecule has 0 saturated carbocycles. The predicted molar refractivity (Wildman–Crippen MR) is 52.6 cm³/mol. The number of benzene rings is 1. The van der Waals surface area contributed by atoms with Gasteiger partial charge in [0, 0.05) is 12.6 Å². The van der Waals surface area contributed by atoms with E-state index in [-0.39, 0.29) is 12.1 Å². The molecule has 0 heterocycles. The Morgan fingerprint density at radius 1 is 1.40 bits per heavy atom. The van der Waals surface area contributed by atoms with Gasteiger partial charge in [-0.2, -0.15) is 0 Å². The third kappa shape index (κ3) is 3.80. The molecule has 0 bridgehead atoms. The van der Waals surface area contributed by atoms with E-state index in [4.69, 9.17) is 5.26 Å². The maximum absolute atomic E-state index is 13.0. The maximum Gasteiger partial charge on any atom is 0.141 e. The number of nitrogens with one attached hydrogen (secondary N) is 1. The first-order valence-electron chi connectivity index (χ1n) is 4.12. The minimum absolute atomic E-state index is 0.134. The molecule has 1 N–H and O–H groups in total. The molecule has 0 aliphatic rings. The van der Waals surface area contributed by atoms with Gasteiger partial charge in [-0.25, -0.2) is 14.7 Å². The van der Waals surface area contributed by atoms with Crippen LogP contribution in [-0.2, 0) is 0 Å². The SMILES string of the molecule is N#C[B-]NCC#Cc1ccc(F)cc1F. The highest BCUT2D eigenvalue weighted by Gasteiger charge is 1.99. The second-order valence-corrected chi connectivity index (χ2v) is 2.58. The quantitative estimate of drug-likeness (QED) is 0.442. The fourth-order valence-electron chi connectivity index (χ4n) is 0.878. The smallest absolute Gasteiger partial charge is 0.141 e. The first-order chi connectivity index (χ1) is 7.24. The van der Waals surface area contributed by atoms with Gasteiger partial charge in [-0.05, 0) is 12.1 Å². The van der Waals surface area contributed by atoms with Crippen molar-refractivity contribution in [3.8, 4) is 17.8 Å². The summed E-state index contributed by atoms with van der Waals surface area (Å²) < 4.78 is 25.5. The molecule has 0 aliphatic carbocycles. The van der Waals surface area contributed by atoms with Crippen LogP contribution in [0, 0.1) is 34.7 Å². The lowest BCUT2D eigenvalue weighted by Gasteiger charge is -2.02. The van der Waals surface area contributed by atoms with Crippen molar-refractivity contribution in [1.29, 1.82) is 5.26 Å². The zero-order valence-corrected chi connectivity index (χ0v) is 7.72. The molecule has 0 aliphatic heterocycles. The van der Waals surface area contributed by atoms with Gasteiger partial charge in [0.2, 0.25) is 0 Å². The van der Waals surface area contributed by atoms with E-state index in [1.165, 1.54) is 13.5 Å². The second kappa shape index (κ2) is 5.80. The molecule has 5 heteroatoms. The highest BCUT2D eigenvalue weighted by molar-refractivity contribution is 6.42. The maximum atomic E-state index is 13.0. The number of hydrogen-bond donors (Lipinski definition) is 1. The van der Waals surface area contributed by atoms with Gasteiger partial charge in [0.15, 0.2) is 0 Å². The van der Waals surface area contributed by atoms with E-state index in [0.717, 1.165) is 12.1 Å². The van der Waals surface area contributed by atoms with Crippen LogP contribution in [-0.4, -0.2) is 14.0 Å². The van der Waals surface area contributed by atoms with Crippen LogP contribution in [0.3, 0.4) is 0 Å². The van der Waals surface area contributed by atoms with Crippen LogP contribution in [0.4, 0.5) is 8.78 Å². The van der Waals surface area contributed by atoms with Crippen molar-refractivity contribution in [3.63, 3.8) is 0 Å². The summed E-state index contributed by atoms with van der Waals surface area (Å²) in [5.74, 6) is 5.55. The number of hydrogen-bond acceptors (Lipinski definition) is 2. The topological polar surface area (TPSA) is 35.8 Å². The van der Waals surface area contributed by atoms with Gasteiger partial charge in [-0.1, -0.05) is 11.8 Å². The number of rotatable bonds is 2. The van der Waals surface area contributed by atoms with Crippen LogP contribution < -0.4 is 5.23 Å². The average Bonchev–Trinajstić information content (AvgIpc) is 2.20. The lowest BCUT2D eigenvalue weighted by molar-refractivity contribution is 0.581. The lowest BCUT2D eigenvalue weighted by atomic mass is 9.99. The molecule has 0 spiro atoms. The van der Waals surface area contributed by atoms with Crippen molar-refractivity contribution < 1.29 is 8.78 Å². The van der Waals surface area contributed by atoms with Crippen LogP contribution in [0.1, 0.15) is 5.56 Å². The zero-order valence-electron chi connectivity index (χ0n) is 7.72. The zero-order chi connectivity index (χ0) is 11.1. The van der Waals surface area contributed by atoms with E-state index in [1.54, 1.807) is 5.97 Å². The molecular formula is C10H6BF2N2-. The normalized spacial score (nSPS) is 8.87. The van der Waals surface area contributed by atoms with Gasteiger partial charge in [-0.3, -0.25) is 5.26 Å². The Kier molecular flexibility index (Phi) is 4.34. The van der Waals surface area contributed by atoms with Crippen LogP contribution in [0.25, 0.3) is 0 Å². The van der Waals surface area contributed by atoms with Crippen molar-refractivity contribution in [2.45, 2.75) is 0 Å². The molecule has 0 saturated heterocycles. The molecule has 2 nitrogen and oxygen atoms in total. The molecule has 0 amide bonds. The summed E-state index contributed by atoms with van der Waals surface area (Å²) in [6, 6.07) is 3.19. The first kappa shape index (κ1) is 11.2. The van der Waals surface area contributed by atoms with Crippen molar-refractivity contribution in [2.24, 2.45) is 0 Å². The molecule has 0 aromatic heterocycles. The fraction of sp³-hybridized carbons (Fsp3) is 0.100. The Morgan fingerprint density at radius 2 is 2.20 bits per heavy atom. The Labute approximate surface area is 87.2 Å². The molecule has 0 atom stereocenters. The Hall–Kier alpha value is -1.85. The Morgan fingerprint density at radius 3 is 2.87 bits per heavy atom. The second-order valence-electron chi connectivity index (χ2n) is 2.58. The summed E-state index contributed by atoms with van der Waals surface area (Å²) in [4.78, 5) is 0.